The lowest BCUT2D eigenvalue weighted by Gasteiger charge is -2.10. The number of hydroxylamine groups is 4. The van der Waals surface area contributed by atoms with Crippen molar-refractivity contribution in [2.45, 2.75) is 52.4 Å². The van der Waals surface area contributed by atoms with Crippen molar-refractivity contribution in [3.05, 3.63) is 0 Å². The Morgan fingerprint density at radius 3 is 1.43 bits per heavy atom. The zero-order valence-electron chi connectivity index (χ0n) is 15.4. The second-order valence-corrected chi connectivity index (χ2v) is 5.65. The van der Waals surface area contributed by atoms with Gasteiger partial charge >= 0.3 is 11.9 Å². The highest BCUT2D eigenvalue weighted by molar-refractivity contribution is 6.40. The van der Waals surface area contributed by atoms with Crippen molar-refractivity contribution in [3.63, 3.8) is 0 Å². The molecule has 0 radical (unpaired) electrons. The van der Waals surface area contributed by atoms with Crippen molar-refractivity contribution in [2.24, 2.45) is 0 Å². The number of carbonyl (C=O) groups is 6. The molecule has 0 unspecified atom stereocenters. The number of rotatable bonds is 3. The van der Waals surface area contributed by atoms with Gasteiger partial charge in [0.1, 0.15) is 0 Å². The van der Waals surface area contributed by atoms with Gasteiger partial charge in [0.25, 0.3) is 23.6 Å². The third-order valence-corrected chi connectivity index (χ3v) is 2.82. The van der Waals surface area contributed by atoms with Gasteiger partial charge in [-0.2, -0.15) is 5.06 Å². The number of nitrogens with zero attached hydrogens (tertiary/aromatic N) is 2. The summed E-state index contributed by atoms with van der Waals surface area (Å²) >= 11 is 9.53. The second kappa shape index (κ2) is 15.8. The number of amides is 4. The smallest absolute Gasteiger partial charge is 0.332 e. The summed E-state index contributed by atoms with van der Waals surface area (Å²) in [6.45, 7) is 3.19. The molecule has 2 heterocycles. The van der Waals surface area contributed by atoms with Crippen LogP contribution in [0, 0.1) is 0 Å². The third-order valence-electron chi connectivity index (χ3n) is 2.82. The number of imide groups is 2. The Hall–Kier alpha value is -2.24. The van der Waals surface area contributed by atoms with Crippen molar-refractivity contribution in [3.8, 4) is 0 Å². The Bertz CT molecular complexity index is 552. The highest BCUT2D eigenvalue weighted by atomic mass is 35.5. The molecule has 13 heteroatoms. The van der Waals surface area contributed by atoms with E-state index in [9.17, 15) is 28.8 Å². The maximum atomic E-state index is 10.9. The molecule has 0 saturated carbocycles. The molecule has 0 aromatic heterocycles. The Labute approximate surface area is 171 Å². The zero-order chi connectivity index (χ0) is 22.3. The highest BCUT2D eigenvalue weighted by Gasteiger charge is 2.32. The van der Waals surface area contributed by atoms with Gasteiger partial charge in [-0.1, -0.05) is 13.8 Å². The molecule has 4 amide bonds. The molecule has 2 saturated heterocycles. The number of hydrogen-bond acceptors (Lipinski definition) is 8. The van der Waals surface area contributed by atoms with Gasteiger partial charge in [0.2, 0.25) is 0 Å². The molecule has 0 atom stereocenters. The summed E-state index contributed by atoms with van der Waals surface area (Å²) in [4.78, 5) is 66.7. The molecule has 0 aromatic carbocycles. The standard InChI is InChI=1S/C7H9NO4.C4H5NO3.C3H6O2.CH2Cl2/c1-2-7(11)12-8-5(9)3-4-6(8)10;6-3-1-2-4(7)5(3)8;1-2-3(4)5;2-1-3/h2-4H2,1H3;8H,1-2H2;2H2,1H3,(H,4,5);1H2. The van der Waals surface area contributed by atoms with Crippen LogP contribution in [-0.2, 0) is 33.6 Å². The quantitative estimate of drug-likeness (QED) is 0.372. The van der Waals surface area contributed by atoms with Crippen LogP contribution in [0.5, 0.6) is 0 Å². The molecule has 160 valence electrons. The number of carboxylic acids is 1. The fraction of sp³-hybridized carbons (Fsp3) is 0.600. The number of alkyl halides is 2. The van der Waals surface area contributed by atoms with Crippen molar-refractivity contribution in [2.75, 3.05) is 5.34 Å². The molecule has 2 aliphatic rings. The SMILES string of the molecule is CCC(=O)O.CCC(=O)ON1C(=O)CCC1=O.ClCCl.O=C1CCC(=O)N1O. The largest absolute Gasteiger partial charge is 0.481 e. The first-order valence-corrected chi connectivity index (χ1v) is 9.07. The molecular weight excluding hydrogens is 423 g/mol. The molecule has 2 rings (SSSR count). The molecule has 2 N–H and O–H groups in total. The van der Waals surface area contributed by atoms with E-state index in [-0.39, 0.29) is 48.9 Å². The molecule has 0 bridgehead atoms. The minimum Gasteiger partial charge on any atom is -0.481 e. The molecule has 2 aliphatic heterocycles. The lowest BCUT2D eigenvalue weighted by atomic mass is 10.4. The van der Waals surface area contributed by atoms with E-state index in [1.807, 2.05) is 0 Å². The van der Waals surface area contributed by atoms with Gasteiger partial charge in [-0.15, -0.1) is 28.3 Å². The molecular formula is C15H22Cl2N2O9. The van der Waals surface area contributed by atoms with E-state index in [0.29, 0.717) is 5.06 Å². The minimum absolute atomic E-state index is 0.135. The van der Waals surface area contributed by atoms with Crippen LogP contribution < -0.4 is 0 Å². The van der Waals surface area contributed by atoms with E-state index in [1.165, 1.54) is 0 Å². The first-order chi connectivity index (χ1) is 13.0. The molecule has 28 heavy (non-hydrogen) atoms. The number of hydrogen-bond donors (Lipinski definition) is 2. The fourth-order valence-corrected chi connectivity index (χ4v) is 1.39. The maximum absolute atomic E-state index is 10.9. The summed E-state index contributed by atoms with van der Waals surface area (Å²) in [7, 11) is 0. The van der Waals surface area contributed by atoms with Gasteiger partial charge in [-0.25, -0.2) is 4.79 Å². The number of carboxylic acid groups (broad SMARTS) is 1. The summed E-state index contributed by atoms with van der Waals surface area (Å²) < 4.78 is 0. The van der Waals surface area contributed by atoms with Crippen LogP contribution in [0.3, 0.4) is 0 Å². The molecule has 0 aliphatic carbocycles. The average molecular weight is 445 g/mol. The topological polar surface area (TPSA) is 159 Å². The van der Waals surface area contributed by atoms with Crippen LogP contribution >= 0.6 is 23.2 Å². The maximum Gasteiger partial charge on any atom is 0.332 e. The predicted octanol–water partition coefficient (Wildman–Crippen LogP) is 1.43. The zero-order valence-corrected chi connectivity index (χ0v) is 16.9. The van der Waals surface area contributed by atoms with Gasteiger partial charge in [0.05, 0.1) is 5.34 Å². The third kappa shape index (κ3) is 12.2. The van der Waals surface area contributed by atoms with E-state index in [0.717, 1.165) is 0 Å². The summed E-state index contributed by atoms with van der Waals surface area (Å²) in [6.07, 6.45) is 0.938. The van der Waals surface area contributed by atoms with Gasteiger partial charge in [0.15, 0.2) is 0 Å². The molecule has 2 fully saturated rings. The Balaban J connectivity index is 0. The van der Waals surface area contributed by atoms with Crippen molar-refractivity contribution < 1.29 is 43.9 Å². The lowest BCUT2D eigenvalue weighted by Crippen LogP contribution is -2.31. The normalized spacial score (nSPS) is 15.0. The lowest BCUT2D eigenvalue weighted by molar-refractivity contribution is -0.197. The summed E-state index contributed by atoms with van der Waals surface area (Å²) in [5, 5.41) is 17.0. The molecule has 11 nitrogen and oxygen atoms in total. The van der Waals surface area contributed by atoms with Crippen LogP contribution in [0.25, 0.3) is 0 Å². The van der Waals surface area contributed by atoms with Crippen molar-refractivity contribution in [1.29, 1.82) is 0 Å². The summed E-state index contributed by atoms with van der Waals surface area (Å²) in [5.41, 5.74) is 0. The van der Waals surface area contributed by atoms with E-state index in [4.69, 9.17) is 33.5 Å². The number of carbonyl (C=O) groups excluding carboxylic acids is 5. The van der Waals surface area contributed by atoms with Gasteiger partial charge in [-0.3, -0.25) is 29.2 Å². The van der Waals surface area contributed by atoms with Crippen molar-refractivity contribution in [1.82, 2.24) is 10.1 Å². The van der Waals surface area contributed by atoms with Crippen LogP contribution in [0.2, 0.25) is 0 Å². The summed E-state index contributed by atoms with van der Waals surface area (Å²) in [6, 6.07) is 0. The van der Waals surface area contributed by atoms with Gasteiger partial charge < -0.3 is 9.94 Å². The molecule has 0 aromatic rings. The Kier molecular flexibility index (Phi) is 15.8. The fourth-order valence-electron chi connectivity index (χ4n) is 1.39. The van der Waals surface area contributed by atoms with Crippen LogP contribution in [-0.4, -0.2) is 61.3 Å². The van der Waals surface area contributed by atoms with Crippen molar-refractivity contribution >= 4 is 58.8 Å². The van der Waals surface area contributed by atoms with Crippen LogP contribution in [0.15, 0.2) is 0 Å². The van der Waals surface area contributed by atoms with E-state index in [1.54, 1.807) is 13.8 Å². The molecule has 0 spiro atoms. The van der Waals surface area contributed by atoms with Gasteiger partial charge in [-0.05, 0) is 0 Å². The first kappa shape index (κ1) is 28.0. The monoisotopic (exact) mass is 444 g/mol. The Morgan fingerprint density at radius 2 is 1.21 bits per heavy atom. The first-order valence-electron chi connectivity index (χ1n) is 8.00. The van der Waals surface area contributed by atoms with Crippen LogP contribution in [0.1, 0.15) is 52.4 Å². The number of halogens is 2. The van der Waals surface area contributed by atoms with E-state index in [2.05, 4.69) is 4.84 Å². The minimum atomic E-state index is -0.745. The Morgan fingerprint density at radius 1 is 0.893 bits per heavy atom. The second-order valence-electron chi connectivity index (χ2n) is 4.85. The van der Waals surface area contributed by atoms with E-state index >= 15 is 0 Å². The number of aliphatic carboxylic acids is 1. The summed E-state index contributed by atoms with van der Waals surface area (Å²) in [5.74, 6) is -3.21. The van der Waals surface area contributed by atoms with Crippen LogP contribution in [0.4, 0.5) is 0 Å². The highest BCUT2D eigenvalue weighted by Crippen LogP contribution is 2.12. The predicted molar refractivity (Wildman–Crippen MR) is 94.8 cm³/mol. The average Bonchev–Trinajstić information content (AvgIpc) is 3.13. The van der Waals surface area contributed by atoms with Gasteiger partial charge in [0, 0.05) is 38.5 Å². The van der Waals surface area contributed by atoms with E-state index < -0.39 is 35.6 Å².